The highest BCUT2D eigenvalue weighted by molar-refractivity contribution is 5.90. The van der Waals surface area contributed by atoms with Gasteiger partial charge < -0.3 is 5.32 Å². The van der Waals surface area contributed by atoms with Crippen molar-refractivity contribution >= 4 is 11.3 Å². The lowest BCUT2D eigenvalue weighted by Gasteiger charge is -2.20. The molecule has 1 aliphatic heterocycles. The average Bonchev–Trinajstić information content (AvgIpc) is 2.18. The normalized spacial score (nSPS) is 14.1. The summed E-state index contributed by atoms with van der Waals surface area (Å²) in [7, 11) is 0. The van der Waals surface area contributed by atoms with E-state index in [0.29, 0.717) is 0 Å². The lowest BCUT2D eigenvalue weighted by atomic mass is 9.92. The summed E-state index contributed by atoms with van der Waals surface area (Å²) < 4.78 is 0. The molecule has 0 bridgehead atoms. The zero-order valence-corrected chi connectivity index (χ0v) is 8.30. The molecule has 0 spiro atoms. The Morgan fingerprint density at radius 3 is 2.71 bits per heavy atom. The van der Waals surface area contributed by atoms with Crippen LogP contribution in [0, 0.1) is 0 Å². The number of rotatable bonds is 1. The molecule has 1 aromatic rings. The Bertz CT molecular complexity index is 438. The van der Waals surface area contributed by atoms with Crippen LogP contribution in [0.3, 0.4) is 0 Å². The van der Waals surface area contributed by atoms with Crippen LogP contribution in [0.4, 0.5) is 5.69 Å². The van der Waals surface area contributed by atoms with Gasteiger partial charge in [0.25, 0.3) is 0 Å². The molecular formula is C13H13N. The van der Waals surface area contributed by atoms with Crippen LogP contribution < -0.4 is 5.32 Å². The Balaban J connectivity index is 2.50. The smallest absolute Gasteiger partial charge is 0.0459 e. The molecule has 1 aliphatic rings. The molecule has 0 amide bonds. The Morgan fingerprint density at radius 1 is 1.29 bits per heavy atom. The van der Waals surface area contributed by atoms with Gasteiger partial charge in [0, 0.05) is 23.0 Å². The van der Waals surface area contributed by atoms with Crippen molar-refractivity contribution in [1.29, 1.82) is 0 Å². The first-order valence-electron chi connectivity index (χ1n) is 4.61. The first kappa shape index (κ1) is 8.82. The van der Waals surface area contributed by atoms with E-state index in [1.807, 2.05) is 31.3 Å². The van der Waals surface area contributed by atoms with Gasteiger partial charge >= 0.3 is 0 Å². The summed E-state index contributed by atoms with van der Waals surface area (Å²) >= 11 is 0. The van der Waals surface area contributed by atoms with Crippen LogP contribution in [0.25, 0.3) is 5.57 Å². The summed E-state index contributed by atoms with van der Waals surface area (Å²) in [6, 6.07) is 8.15. The SMILES string of the molecule is C=C(C)C1=CNc2ccccc2C1=C. The molecule has 1 aromatic carbocycles. The van der Waals surface area contributed by atoms with Crippen molar-refractivity contribution in [2.75, 3.05) is 5.32 Å². The molecule has 14 heavy (non-hydrogen) atoms. The van der Waals surface area contributed by atoms with Crippen LogP contribution in [0.15, 0.2) is 54.8 Å². The number of fused-ring (bicyclic) bond motifs is 1. The van der Waals surface area contributed by atoms with Crippen LogP contribution in [-0.4, -0.2) is 0 Å². The molecule has 2 rings (SSSR count). The second kappa shape index (κ2) is 3.18. The molecule has 1 nitrogen and oxygen atoms in total. The van der Waals surface area contributed by atoms with Gasteiger partial charge in [-0.05, 0) is 24.1 Å². The third-order valence-electron chi connectivity index (χ3n) is 2.41. The Hall–Kier alpha value is -1.76. The highest BCUT2D eigenvalue weighted by Gasteiger charge is 2.14. The number of allylic oxidation sites excluding steroid dienone is 3. The highest BCUT2D eigenvalue weighted by Crippen LogP contribution is 2.34. The summed E-state index contributed by atoms with van der Waals surface area (Å²) in [6.07, 6.45) is 1.97. The van der Waals surface area contributed by atoms with Gasteiger partial charge in [0.05, 0.1) is 0 Å². The van der Waals surface area contributed by atoms with E-state index in [-0.39, 0.29) is 0 Å². The zero-order valence-electron chi connectivity index (χ0n) is 8.30. The number of hydrogen-bond acceptors (Lipinski definition) is 1. The van der Waals surface area contributed by atoms with Gasteiger partial charge in [0.2, 0.25) is 0 Å². The van der Waals surface area contributed by atoms with Gasteiger partial charge in [-0.1, -0.05) is 31.4 Å². The second-order valence-electron chi connectivity index (χ2n) is 3.51. The van der Waals surface area contributed by atoms with E-state index in [2.05, 4.69) is 24.5 Å². The van der Waals surface area contributed by atoms with Crippen LogP contribution in [-0.2, 0) is 0 Å². The van der Waals surface area contributed by atoms with E-state index in [1.54, 1.807) is 0 Å². The maximum Gasteiger partial charge on any atom is 0.0459 e. The fraction of sp³-hybridized carbons (Fsp3) is 0.0769. The van der Waals surface area contributed by atoms with Gasteiger partial charge in [0.15, 0.2) is 0 Å². The zero-order chi connectivity index (χ0) is 10.1. The van der Waals surface area contributed by atoms with E-state index in [9.17, 15) is 0 Å². The van der Waals surface area contributed by atoms with Crippen LogP contribution in [0.2, 0.25) is 0 Å². The molecule has 1 heteroatoms. The van der Waals surface area contributed by atoms with Crippen molar-refractivity contribution in [2.24, 2.45) is 0 Å². The van der Waals surface area contributed by atoms with Crippen molar-refractivity contribution in [3.05, 3.63) is 60.3 Å². The Kier molecular flexibility index (Phi) is 2.01. The maximum absolute atomic E-state index is 4.09. The van der Waals surface area contributed by atoms with Crippen molar-refractivity contribution in [2.45, 2.75) is 6.92 Å². The number of para-hydroxylation sites is 1. The molecule has 1 N–H and O–H groups in total. The van der Waals surface area contributed by atoms with Gasteiger partial charge in [-0.2, -0.15) is 0 Å². The first-order chi connectivity index (χ1) is 6.70. The lowest BCUT2D eigenvalue weighted by Crippen LogP contribution is -2.04. The molecular weight excluding hydrogens is 170 g/mol. The summed E-state index contributed by atoms with van der Waals surface area (Å²) in [5.74, 6) is 0. The van der Waals surface area contributed by atoms with E-state index < -0.39 is 0 Å². The van der Waals surface area contributed by atoms with Crippen molar-refractivity contribution < 1.29 is 0 Å². The Morgan fingerprint density at radius 2 is 2.00 bits per heavy atom. The van der Waals surface area contributed by atoms with E-state index in [4.69, 9.17) is 0 Å². The first-order valence-corrected chi connectivity index (χ1v) is 4.61. The molecule has 0 unspecified atom stereocenters. The molecule has 0 saturated carbocycles. The fourth-order valence-electron chi connectivity index (χ4n) is 1.64. The molecule has 0 fully saturated rings. The largest absolute Gasteiger partial charge is 0.361 e. The number of nitrogens with one attached hydrogen (secondary N) is 1. The fourth-order valence-corrected chi connectivity index (χ4v) is 1.64. The minimum Gasteiger partial charge on any atom is -0.361 e. The van der Waals surface area contributed by atoms with Crippen LogP contribution >= 0.6 is 0 Å². The predicted molar refractivity (Wildman–Crippen MR) is 62.0 cm³/mol. The van der Waals surface area contributed by atoms with Crippen LogP contribution in [0.1, 0.15) is 12.5 Å². The highest BCUT2D eigenvalue weighted by atomic mass is 14.9. The second-order valence-corrected chi connectivity index (χ2v) is 3.51. The van der Waals surface area contributed by atoms with Crippen molar-refractivity contribution in [3.63, 3.8) is 0 Å². The summed E-state index contributed by atoms with van der Waals surface area (Å²) in [4.78, 5) is 0. The van der Waals surface area contributed by atoms with E-state index >= 15 is 0 Å². The molecule has 70 valence electrons. The molecule has 1 heterocycles. The standard InChI is InChI=1S/C13H13N/c1-9(2)12-8-14-13-7-5-4-6-11(13)10(12)3/h4-8,14H,1,3H2,2H3. The Labute approximate surface area is 84.5 Å². The van der Waals surface area contributed by atoms with Crippen molar-refractivity contribution in [1.82, 2.24) is 0 Å². The number of benzene rings is 1. The van der Waals surface area contributed by atoms with Crippen LogP contribution in [0.5, 0.6) is 0 Å². The molecule has 0 aromatic heterocycles. The summed E-state index contributed by atoms with van der Waals surface area (Å²) in [6.45, 7) is 10.0. The minimum atomic E-state index is 1.04. The van der Waals surface area contributed by atoms with Gasteiger partial charge in [-0.15, -0.1) is 0 Å². The summed E-state index contributed by atoms with van der Waals surface area (Å²) in [5, 5.41) is 3.24. The van der Waals surface area contributed by atoms with Gasteiger partial charge in [-0.25, -0.2) is 0 Å². The summed E-state index contributed by atoms with van der Waals surface area (Å²) in [5.41, 5.74) is 5.46. The van der Waals surface area contributed by atoms with E-state index in [1.165, 1.54) is 0 Å². The minimum absolute atomic E-state index is 1.04. The number of anilines is 1. The lowest BCUT2D eigenvalue weighted by molar-refractivity contribution is 1.38. The topological polar surface area (TPSA) is 12.0 Å². The third-order valence-corrected chi connectivity index (χ3v) is 2.41. The monoisotopic (exact) mass is 183 g/mol. The maximum atomic E-state index is 4.09. The third kappa shape index (κ3) is 1.27. The molecule has 0 radical (unpaired) electrons. The molecule has 0 atom stereocenters. The predicted octanol–water partition coefficient (Wildman–Crippen LogP) is 3.59. The van der Waals surface area contributed by atoms with Crippen molar-refractivity contribution in [3.8, 4) is 0 Å². The average molecular weight is 183 g/mol. The van der Waals surface area contributed by atoms with Gasteiger partial charge in [-0.3, -0.25) is 0 Å². The van der Waals surface area contributed by atoms with E-state index in [0.717, 1.165) is 28.0 Å². The number of hydrogen-bond donors (Lipinski definition) is 1. The molecule has 0 aliphatic carbocycles. The van der Waals surface area contributed by atoms with Gasteiger partial charge in [0.1, 0.15) is 0 Å². The molecule has 0 saturated heterocycles. The quantitative estimate of drug-likeness (QED) is 0.701.